The quantitative estimate of drug-likeness (QED) is 0.686. The van der Waals surface area contributed by atoms with Gasteiger partial charge in [0.15, 0.2) is 12.1 Å². The maximum atomic E-state index is 9.02. The first-order chi connectivity index (χ1) is 8.05. The Morgan fingerprint density at radius 3 is 2.35 bits per heavy atom. The molecule has 6 atom stereocenters. The third-order valence-electron chi connectivity index (χ3n) is 3.40. The van der Waals surface area contributed by atoms with Gasteiger partial charge in [0, 0.05) is 7.11 Å². The van der Waals surface area contributed by atoms with Crippen LogP contribution in [0, 0.1) is 0 Å². The van der Waals surface area contributed by atoms with Gasteiger partial charge in [0.25, 0.3) is 0 Å². The molecule has 0 radical (unpaired) electrons. The summed E-state index contributed by atoms with van der Waals surface area (Å²) in [4.78, 5) is 0. The molecule has 1 N–H and O–H groups in total. The normalized spacial score (nSPS) is 51.5. The second-order valence-corrected chi connectivity index (χ2v) is 5.09. The average Bonchev–Trinajstić information content (AvgIpc) is 2.89. The number of aliphatic hydroxyl groups is 1. The van der Waals surface area contributed by atoms with Gasteiger partial charge in [-0.25, -0.2) is 0 Å². The molecule has 0 aliphatic carbocycles. The van der Waals surface area contributed by atoms with Gasteiger partial charge in [0.05, 0.1) is 6.61 Å². The van der Waals surface area contributed by atoms with Gasteiger partial charge in [-0.15, -0.1) is 0 Å². The maximum Gasteiger partial charge on any atom is 0.186 e. The Morgan fingerprint density at radius 1 is 1.06 bits per heavy atom. The number of hydrogen-bond acceptors (Lipinski definition) is 6. The fourth-order valence-corrected chi connectivity index (χ4v) is 2.64. The first-order valence-electron chi connectivity index (χ1n) is 5.86. The number of aliphatic hydroxyl groups excluding tert-OH is 1. The molecule has 0 saturated carbocycles. The Balaban J connectivity index is 1.74. The summed E-state index contributed by atoms with van der Waals surface area (Å²) in [7, 11) is 1.58. The van der Waals surface area contributed by atoms with Crippen molar-refractivity contribution in [2.45, 2.75) is 56.4 Å². The molecular weight excluding hydrogens is 228 g/mol. The molecule has 0 spiro atoms. The molecular formula is C11H18O6. The zero-order chi connectivity index (χ0) is 12.2. The summed E-state index contributed by atoms with van der Waals surface area (Å²) in [5.74, 6) is -0.627. The SMILES string of the molecule is CO[C@@H]1O[C@H](C2OC2CO)[C@H]2OC(C)(C)O[C@@H]12. The molecule has 6 heteroatoms. The fraction of sp³-hybridized carbons (Fsp3) is 1.00. The molecule has 3 heterocycles. The van der Waals surface area contributed by atoms with Crippen molar-refractivity contribution in [1.82, 2.24) is 0 Å². The molecule has 3 rings (SSSR count). The van der Waals surface area contributed by atoms with E-state index in [4.69, 9.17) is 28.8 Å². The van der Waals surface area contributed by atoms with Crippen molar-refractivity contribution in [1.29, 1.82) is 0 Å². The van der Waals surface area contributed by atoms with Crippen LogP contribution in [0.25, 0.3) is 0 Å². The Morgan fingerprint density at radius 2 is 1.76 bits per heavy atom. The van der Waals surface area contributed by atoms with Crippen LogP contribution in [-0.2, 0) is 23.7 Å². The van der Waals surface area contributed by atoms with Crippen molar-refractivity contribution >= 4 is 0 Å². The van der Waals surface area contributed by atoms with Crippen LogP contribution in [0.15, 0.2) is 0 Å². The predicted molar refractivity (Wildman–Crippen MR) is 55.2 cm³/mol. The van der Waals surface area contributed by atoms with Crippen molar-refractivity contribution in [2.75, 3.05) is 13.7 Å². The van der Waals surface area contributed by atoms with E-state index in [9.17, 15) is 0 Å². The zero-order valence-corrected chi connectivity index (χ0v) is 10.2. The van der Waals surface area contributed by atoms with Crippen LogP contribution >= 0.6 is 0 Å². The largest absolute Gasteiger partial charge is 0.394 e. The minimum atomic E-state index is -0.627. The van der Waals surface area contributed by atoms with E-state index in [1.54, 1.807) is 7.11 Å². The summed E-state index contributed by atoms with van der Waals surface area (Å²) in [5, 5.41) is 9.02. The topological polar surface area (TPSA) is 69.7 Å². The second-order valence-electron chi connectivity index (χ2n) is 5.09. The Kier molecular flexibility index (Phi) is 2.70. The second kappa shape index (κ2) is 3.88. The van der Waals surface area contributed by atoms with Gasteiger partial charge in [-0.3, -0.25) is 0 Å². The Labute approximate surface area is 99.7 Å². The highest BCUT2D eigenvalue weighted by atomic mass is 16.8. The molecule has 0 bridgehead atoms. The highest BCUT2D eigenvalue weighted by Gasteiger charge is 2.62. The van der Waals surface area contributed by atoms with E-state index in [-0.39, 0.29) is 37.1 Å². The van der Waals surface area contributed by atoms with Gasteiger partial charge in [0.2, 0.25) is 0 Å². The molecule has 3 aliphatic rings. The summed E-state index contributed by atoms with van der Waals surface area (Å²) in [6.45, 7) is 3.74. The highest BCUT2D eigenvalue weighted by molar-refractivity contribution is 5.04. The third kappa shape index (κ3) is 1.89. The lowest BCUT2D eigenvalue weighted by molar-refractivity contribution is -0.228. The van der Waals surface area contributed by atoms with Crippen LogP contribution in [0.5, 0.6) is 0 Å². The molecule has 3 aliphatic heterocycles. The van der Waals surface area contributed by atoms with Crippen molar-refractivity contribution in [2.24, 2.45) is 0 Å². The Bertz CT molecular complexity index is 306. The first kappa shape index (κ1) is 11.8. The summed E-state index contributed by atoms with van der Waals surface area (Å²) in [6.07, 6.45) is -1.37. The molecule has 0 aromatic rings. The average molecular weight is 246 g/mol. The number of hydrogen-bond donors (Lipinski definition) is 1. The molecule has 6 nitrogen and oxygen atoms in total. The molecule has 17 heavy (non-hydrogen) atoms. The van der Waals surface area contributed by atoms with Gasteiger partial charge >= 0.3 is 0 Å². The smallest absolute Gasteiger partial charge is 0.186 e. The molecule has 98 valence electrons. The first-order valence-corrected chi connectivity index (χ1v) is 5.86. The lowest BCUT2D eigenvalue weighted by atomic mass is 10.1. The number of fused-ring (bicyclic) bond motifs is 1. The minimum Gasteiger partial charge on any atom is -0.394 e. The third-order valence-corrected chi connectivity index (χ3v) is 3.40. The van der Waals surface area contributed by atoms with Gasteiger partial charge < -0.3 is 28.8 Å². The summed E-state index contributed by atoms with van der Waals surface area (Å²) < 4.78 is 27.9. The van der Waals surface area contributed by atoms with Gasteiger partial charge in [0.1, 0.15) is 30.5 Å². The van der Waals surface area contributed by atoms with Crippen LogP contribution in [-0.4, -0.2) is 61.4 Å². The van der Waals surface area contributed by atoms with E-state index in [0.29, 0.717) is 0 Å². The van der Waals surface area contributed by atoms with E-state index >= 15 is 0 Å². The van der Waals surface area contributed by atoms with Crippen LogP contribution < -0.4 is 0 Å². The number of rotatable bonds is 3. The van der Waals surface area contributed by atoms with E-state index in [0.717, 1.165) is 0 Å². The lowest BCUT2D eigenvalue weighted by Gasteiger charge is -2.23. The summed E-state index contributed by atoms with van der Waals surface area (Å²) in [5.41, 5.74) is 0. The van der Waals surface area contributed by atoms with Crippen LogP contribution in [0.3, 0.4) is 0 Å². The standard InChI is InChI=1S/C11H18O6/c1-11(2)16-8-7(6-5(4-12)14-6)15-10(13-3)9(8)17-11/h5-10,12H,4H2,1-3H3/t5?,6?,7-,8-,9-,10-/m1/s1. The van der Waals surface area contributed by atoms with Crippen molar-refractivity contribution in [3.63, 3.8) is 0 Å². The van der Waals surface area contributed by atoms with Gasteiger partial charge in [-0.1, -0.05) is 0 Å². The summed E-state index contributed by atoms with van der Waals surface area (Å²) >= 11 is 0. The van der Waals surface area contributed by atoms with Gasteiger partial charge in [-0.2, -0.15) is 0 Å². The Hall–Kier alpha value is -0.240. The maximum absolute atomic E-state index is 9.02. The molecule has 3 saturated heterocycles. The number of ether oxygens (including phenoxy) is 5. The summed E-state index contributed by atoms with van der Waals surface area (Å²) in [6, 6.07) is 0. The highest BCUT2D eigenvalue weighted by Crippen LogP contribution is 2.44. The van der Waals surface area contributed by atoms with Gasteiger partial charge in [-0.05, 0) is 13.8 Å². The predicted octanol–water partition coefficient (Wildman–Crippen LogP) is -0.363. The van der Waals surface area contributed by atoms with E-state index in [1.807, 2.05) is 13.8 Å². The molecule has 0 aromatic carbocycles. The number of epoxide rings is 1. The molecule has 2 unspecified atom stereocenters. The fourth-order valence-electron chi connectivity index (χ4n) is 2.64. The van der Waals surface area contributed by atoms with E-state index in [1.165, 1.54) is 0 Å². The van der Waals surface area contributed by atoms with Crippen LogP contribution in [0.4, 0.5) is 0 Å². The van der Waals surface area contributed by atoms with Crippen LogP contribution in [0.1, 0.15) is 13.8 Å². The lowest BCUT2D eigenvalue weighted by Crippen LogP contribution is -2.34. The zero-order valence-electron chi connectivity index (χ0n) is 10.2. The monoisotopic (exact) mass is 246 g/mol. The van der Waals surface area contributed by atoms with Crippen molar-refractivity contribution in [3.8, 4) is 0 Å². The molecule has 0 amide bonds. The van der Waals surface area contributed by atoms with Crippen molar-refractivity contribution in [3.05, 3.63) is 0 Å². The van der Waals surface area contributed by atoms with E-state index in [2.05, 4.69) is 0 Å². The van der Waals surface area contributed by atoms with Crippen molar-refractivity contribution < 1.29 is 28.8 Å². The molecule has 3 fully saturated rings. The minimum absolute atomic E-state index is 0.00378. The van der Waals surface area contributed by atoms with E-state index < -0.39 is 12.1 Å². The molecule has 0 aromatic heterocycles. The van der Waals surface area contributed by atoms with Crippen LogP contribution in [0.2, 0.25) is 0 Å². The number of methoxy groups -OCH3 is 1.